The molecule has 0 radical (unpaired) electrons. The Morgan fingerprint density at radius 2 is 1.79 bits per heavy atom. The Bertz CT molecular complexity index is 821. The van der Waals surface area contributed by atoms with Crippen molar-refractivity contribution in [3.63, 3.8) is 0 Å². The number of benzene rings is 1. The predicted octanol–water partition coefficient (Wildman–Crippen LogP) is 5.37. The second-order valence-corrected chi connectivity index (χ2v) is 11.6. The van der Waals surface area contributed by atoms with Gasteiger partial charge in [-0.2, -0.15) is 0 Å². The summed E-state index contributed by atoms with van der Waals surface area (Å²) in [5, 5.41) is 10.9. The van der Waals surface area contributed by atoms with Gasteiger partial charge in [0.1, 0.15) is 10.1 Å². The molecule has 2 aliphatic heterocycles. The highest BCUT2D eigenvalue weighted by molar-refractivity contribution is 8.26. The fourth-order valence-electron chi connectivity index (χ4n) is 3.68. The van der Waals surface area contributed by atoms with Crippen molar-refractivity contribution >= 4 is 40.3 Å². The van der Waals surface area contributed by atoms with Gasteiger partial charge in [-0.1, -0.05) is 65.5 Å². The summed E-state index contributed by atoms with van der Waals surface area (Å²) in [6.07, 6.45) is 3.98. The van der Waals surface area contributed by atoms with E-state index in [-0.39, 0.29) is 22.8 Å². The molecule has 4 nitrogen and oxygen atoms in total. The Morgan fingerprint density at radius 3 is 2.28 bits per heavy atom. The van der Waals surface area contributed by atoms with Gasteiger partial charge in [0.2, 0.25) is 0 Å². The average molecular weight is 434 g/mol. The largest absolute Gasteiger partial charge is 0.507 e. The summed E-state index contributed by atoms with van der Waals surface area (Å²) in [7, 11) is 0. The highest BCUT2D eigenvalue weighted by atomic mass is 32.2. The first-order valence-electron chi connectivity index (χ1n) is 10.1. The summed E-state index contributed by atoms with van der Waals surface area (Å²) in [4.78, 5) is 15.3. The zero-order valence-corrected chi connectivity index (χ0v) is 19.8. The molecule has 0 aromatic heterocycles. The molecule has 0 unspecified atom stereocenters. The van der Waals surface area contributed by atoms with Crippen molar-refractivity contribution in [2.24, 2.45) is 0 Å². The van der Waals surface area contributed by atoms with Gasteiger partial charge >= 0.3 is 0 Å². The van der Waals surface area contributed by atoms with Crippen molar-refractivity contribution in [2.75, 3.05) is 13.2 Å². The number of thioether (sulfide) groups is 1. The topological polar surface area (TPSA) is 49.8 Å². The molecule has 1 N–H and O–H groups in total. The van der Waals surface area contributed by atoms with Crippen LogP contribution >= 0.6 is 24.0 Å². The van der Waals surface area contributed by atoms with E-state index in [1.165, 1.54) is 11.8 Å². The van der Waals surface area contributed by atoms with Gasteiger partial charge in [-0.05, 0) is 47.4 Å². The molecule has 0 spiro atoms. The molecule has 2 saturated heterocycles. The van der Waals surface area contributed by atoms with Crippen molar-refractivity contribution in [1.29, 1.82) is 0 Å². The lowest BCUT2D eigenvalue weighted by Gasteiger charge is -2.28. The number of thiocarbonyl (C=S) groups is 1. The second-order valence-electron chi connectivity index (χ2n) is 9.89. The number of phenolic OH excluding ortho intramolecular Hbond substituents is 1. The van der Waals surface area contributed by atoms with Crippen LogP contribution in [-0.2, 0) is 20.4 Å². The molecule has 1 aromatic rings. The Hall–Kier alpha value is -1.37. The number of carbonyl (C=O) groups excluding carboxylic acids is 1. The molecule has 2 heterocycles. The van der Waals surface area contributed by atoms with E-state index >= 15 is 0 Å². The summed E-state index contributed by atoms with van der Waals surface area (Å²) >= 11 is 6.81. The molecule has 2 fully saturated rings. The number of hydrogen-bond acceptors (Lipinski definition) is 5. The molecule has 0 bridgehead atoms. The minimum Gasteiger partial charge on any atom is -0.507 e. The monoisotopic (exact) mass is 433 g/mol. The van der Waals surface area contributed by atoms with Gasteiger partial charge in [0.25, 0.3) is 5.91 Å². The standard InChI is InChI=1S/C23H31NO3S2/c1-22(2,3)16-10-14(11-17(19(16)25)23(4,5)6)12-18-20(26)24(21(28)29-18)13-15-8-7-9-27-15/h10-12,15,25H,7-9,13H2,1-6H3/b18-12-/t15-/m0/s1. The number of phenols is 1. The zero-order valence-electron chi connectivity index (χ0n) is 18.2. The number of hydrogen-bond donors (Lipinski definition) is 1. The number of amides is 1. The number of rotatable bonds is 3. The molecule has 2 aliphatic rings. The molecule has 1 amide bonds. The van der Waals surface area contributed by atoms with Crippen molar-refractivity contribution in [3.8, 4) is 5.75 Å². The Balaban J connectivity index is 1.97. The molecule has 1 atom stereocenters. The van der Waals surface area contributed by atoms with Gasteiger partial charge in [0.15, 0.2) is 0 Å². The first kappa shape index (κ1) is 22.3. The second kappa shape index (κ2) is 8.05. The van der Waals surface area contributed by atoms with E-state index in [2.05, 4.69) is 41.5 Å². The van der Waals surface area contributed by atoms with E-state index in [0.29, 0.717) is 21.5 Å². The lowest BCUT2D eigenvalue weighted by molar-refractivity contribution is -0.123. The van der Waals surface area contributed by atoms with E-state index in [0.717, 1.165) is 36.1 Å². The maximum Gasteiger partial charge on any atom is 0.266 e. The maximum absolute atomic E-state index is 13.0. The van der Waals surface area contributed by atoms with E-state index in [9.17, 15) is 9.90 Å². The highest BCUT2D eigenvalue weighted by Gasteiger charge is 2.35. The summed E-state index contributed by atoms with van der Waals surface area (Å²) in [6.45, 7) is 13.8. The molecular weight excluding hydrogens is 402 g/mol. The van der Waals surface area contributed by atoms with Gasteiger partial charge in [0, 0.05) is 17.7 Å². The van der Waals surface area contributed by atoms with Gasteiger partial charge in [-0.3, -0.25) is 9.69 Å². The molecule has 6 heteroatoms. The number of nitrogens with zero attached hydrogens (tertiary/aromatic N) is 1. The minimum absolute atomic E-state index is 0.0572. The van der Waals surface area contributed by atoms with Crippen LogP contribution in [0.4, 0.5) is 0 Å². The SMILES string of the molecule is CC(C)(C)c1cc(/C=C2\SC(=S)N(C[C@@H]3CCCO3)C2=O)cc(C(C)(C)C)c1O. The summed E-state index contributed by atoms with van der Waals surface area (Å²) in [5.41, 5.74) is 2.24. The van der Waals surface area contributed by atoms with E-state index in [4.69, 9.17) is 17.0 Å². The van der Waals surface area contributed by atoms with Crippen LogP contribution in [-0.4, -0.2) is 39.5 Å². The van der Waals surface area contributed by atoms with Crippen molar-refractivity contribution in [1.82, 2.24) is 4.90 Å². The van der Waals surface area contributed by atoms with E-state index in [1.54, 1.807) is 4.90 Å². The van der Waals surface area contributed by atoms with Crippen molar-refractivity contribution in [2.45, 2.75) is 71.3 Å². The predicted molar refractivity (Wildman–Crippen MR) is 124 cm³/mol. The fourth-order valence-corrected chi connectivity index (χ4v) is 4.96. The highest BCUT2D eigenvalue weighted by Crippen LogP contribution is 2.41. The Morgan fingerprint density at radius 1 is 1.21 bits per heavy atom. The van der Waals surface area contributed by atoms with Crippen molar-refractivity contribution in [3.05, 3.63) is 33.7 Å². The summed E-state index contributed by atoms with van der Waals surface area (Å²) in [6, 6.07) is 3.97. The summed E-state index contributed by atoms with van der Waals surface area (Å²) in [5.74, 6) is 0.284. The average Bonchev–Trinajstić information content (AvgIpc) is 3.18. The normalized spacial score (nSPS) is 22.2. The van der Waals surface area contributed by atoms with Gasteiger partial charge < -0.3 is 9.84 Å². The number of aromatic hydroxyl groups is 1. The molecule has 0 aliphatic carbocycles. The molecule has 3 rings (SSSR count). The Labute approximate surface area is 183 Å². The van der Waals surface area contributed by atoms with Crippen molar-refractivity contribution < 1.29 is 14.6 Å². The number of carbonyl (C=O) groups is 1. The lowest BCUT2D eigenvalue weighted by atomic mass is 9.78. The van der Waals surface area contributed by atoms with Crippen LogP contribution in [0, 0.1) is 0 Å². The molecular formula is C23H31NO3S2. The van der Waals surface area contributed by atoms with Crippen LogP contribution in [0.15, 0.2) is 17.0 Å². The van der Waals surface area contributed by atoms with Crippen LogP contribution in [0.25, 0.3) is 6.08 Å². The lowest BCUT2D eigenvalue weighted by Crippen LogP contribution is -2.35. The third-order valence-corrected chi connectivity index (χ3v) is 6.71. The third kappa shape index (κ3) is 4.86. The fraction of sp³-hybridized carbons (Fsp3) is 0.565. The molecule has 158 valence electrons. The van der Waals surface area contributed by atoms with Gasteiger partial charge in [-0.15, -0.1) is 0 Å². The van der Waals surface area contributed by atoms with Crippen LogP contribution < -0.4 is 0 Å². The van der Waals surface area contributed by atoms with Gasteiger partial charge in [-0.25, -0.2) is 0 Å². The molecule has 1 aromatic carbocycles. The maximum atomic E-state index is 13.0. The van der Waals surface area contributed by atoms with Crippen LogP contribution in [0.1, 0.15) is 71.1 Å². The van der Waals surface area contributed by atoms with E-state index < -0.39 is 0 Å². The van der Waals surface area contributed by atoms with Crippen LogP contribution in [0.5, 0.6) is 5.75 Å². The minimum atomic E-state index is -0.216. The first-order chi connectivity index (χ1) is 13.4. The van der Waals surface area contributed by atoms with Crippen LogP contribution in [0.3, 0.4) is 0 Å². The van der Waals surface area contributed by atoms with Crippen LogP contribution in [0.2, 0.25) is 0 Å². The first-order valence-corrected chi connectivity index (χ1v) is 11.4. The smallest absolute Gasteiger partial charge is 0.266 e. The number of ether oxygens (including phenoxy) is 1. The summed E-state index contributed by atoms with van der Waals surface area (Å²) < 4.78 is 6.26. The zero-order chi connectivity index (χ0) is 21.6. The van der Waals surface area contributed by atoms with Gasteiger partial charge in [0.05, 0.1) is 17.6 Å². The third-order valence-electron chi connectivity index (χ3n) is 5.33. The quantitative estimate of drug-likeness (QED) is 0.513. The Kier molecular flexibility index (Phi) is 6.19. The molecule has 29 heavy (non-hydrogen) atoms. The molecule has 0 saturated carbocycles. The van der Waals surface area contributed by atoms with E-state index in [1.807, 2.05) is 18.2 Å².